The second kappa shape index (κ2) is 4.90. The molecule has 2 aromatic heterocycles. The highest BCUT2D eigenvalue weighted by Gasteiger charge is 2.00. The first kappa shape index (κ1) is 10.8. The summed E-state index contributed by atoms with van der Waals surface area (Å²) in [5, 5.41) is 7.77. The maximum Gasteiger partial charge on any atom is 0.238 e. The Bertz CT molecular complexity index is 456. The van der Waals surface area contributed by atoms with E-state index in [1.54, 1.807) is 18.3 Å². The molecule has 0 aliphatic carbocycles. The molecule has 0 radical (unpaired) electrons. The fraction of sp³-hybridized carbons (Fsp3) is 0.182. The summed E-state index contributed by atoms with van der Waals surface area (Å²) >= 11 is 5.60. The summed E-state index contributed by atoms with van der Waals surface area (Å²) in [5.74, 6) is 1.41. The quantitative estimate of drug-likeness (QED) is 0.768. The van der Waals surface area contributed by atoms with Gasteiger partial charge in [0.1, 0.15) is 5.75 Å². The lowest BCUT2D eigenvalue weighted by Crippen LogP contribution is -1.93. The highest BCUT2D eigenvalue weighted by atomic mass is 35.5. The van der Waals surface area contributed by atoms with Crippen LogP contribution in [-0.2, 0) is 5.88 Å². The number of ether oxygens (including phenoxy) is 1. The van der Waals surface area contributed by atoms with Gasteiger partial charge in [-0.3, -0.25) is 4.98 Å². The third kappa shape index (κ3) is 2.67. The van der Waals surface area contributed by atoms with Crippen LogP contribution in [0.15, 0.2) is 30.5 Å². The molecule has 0 saturated heterocycles. The van der Waals surface area contributed by atoms with Gasteiger partial charge in [-0.1, -0.05) is 0 Å². The van der Waals surface area contributed by atoms with Crippen LogP contribution in [0.1, 0.15) is 11.4 Å². The van der Waals surface area contributed by atoms with Crippen molar-refractivity contribution in [3.05, 3.63) is 41.9 Å². The molecule has 0 spiro atoms. The summed E-state index contributed by atoms with van der Waals surface area (Å²) in [4.78, 5) is 4.11. The first-order valence-electron chi connectivity index (χ1n) is 4.77. The Kier molecular flexibility index (Phi) is 3.31. The van der Waals surface area contributed by atoms with Gasteiger partial charge in [-0.15, -0.1) is 16.7 Å². The van der Waals surface area contributed by atoms with Crippen LogP contribution >= 0.6 is 11.6 Å². The van der Waals surface area contributed by atoms with Crippen LogP contribution in [0.25, 0.3) is 0 Å². The molecule has 0 aromatic carbocycles. The first-order valence-corrected chi connectivity index (χ1v) is 5.30. The number of rotatable bonds is 3. The van der Waals surface area contributed by atoms with Gasteiger partial charge in [0, 0.05) is 11.8 Å². The van der Waals surface area contributed by atoms with E-state index in [0.29, 0.717) is 17.5 Å². The fourth-order valence-electron chi connectivity index (χ4n) is 1.11. The number of nitrogens with zero attached hydrogens (tertiary/aromatic N) is 3. The van der Waals surface area contributed by atoms with Crippen molar-refractivity contribution in [2.75, 3.05) is 0 Å². The lowest BCUT2D eigenvalue weighted by atomic mass is 10.4. The lowest BCUT2D eigenvalue weighted by molar-refractivity contribution is 0.452. The molecule has 5 heteroatoms. The summed E-state index contributed by atoms with van der Waals surface area (Å²) < 4.78 is 5.45. The molecular weight excluding hydrogens is 226 g/mol. The van der Waals surface area contributed by atoms with Crippen LogP contribution in [0.3, 0.4) is 0 Å². The van der Waals surface area contributed by atoms with E-state index in [1.807, 2.05) is 19.1 Å². The van der Waals surface area contributed by atoms with E-state index in [4.69, 9.17) is 16.3 Å². The second-order valence-electron chi connectivity index (χ2n) is 3.23. The van der Waals surface area contributed by atoms with Crippen LogP contribution in [0.4, 0.5) is 0 Å². The van der Waals surface area contributed by atoms with Crippen molar-refractivity contribution < 1.29 is 4.74 Å². The molecule has 0 bridgehead atoms. The number of alkyl halides is 1. The zero-order chi connectivity index (χ0) is 11.4. The van der Waals surface area contributed by atoms with Gasteiger partial charge in [-0.25, -0.2) is 0 Å². The van der Waals surface area contributed by atoms with E-state index in [2.05, 4.69) is 15.2 Å². The SMILES string of the molecule is Cc1ccc(Oc2ccc(CCl)nn2)cn1. The third-order valence-electron chi connectivity index (χ3n) is 1.94. The monoisotopic (exact) mass is 235 g/mol. The largest absolute Gasteiger partial charge is 0.436 e. The normalized spacial score (nSPS) is 10.1. The summed E-state index contributed by atoms with van der Waals surface area (Å²) in [7, 11) is 0. The van der Waals surface area contributed by atoms with E-state index in [0.717, 1.165) is 11.4 Å². The van der Waals surface area contributed by atoms with Crippen molar-refractivity contribution in [3.63, 3.8) is 0 Å². The predicted molar refractivity (Wildman–Crippen MR) is 60.6 cm³/mol. The average molecular weight is 236 g/mol. The summed E-state index contributed by atoms with van der Waals surface area (Å²) in [6, 6.07) is 7.21. The topological polar surface area (TPSA) is 47.9 Å². The Balaban J connectivity index is 2.11. The fourth-order valence-corrected chi connectivity index (χ4v) is 1.25. The summed E-state index contributed by atoms with van der Waals surface area (Å²) in [6.07, 6.45) is 1.65. The van der Waals surface area contributed by atoms with Gasteiger partial charge >= 0.3 is 0 Å². The van der Waals surface area contributed by atoms with Crippen molar-refractivity contribution in [1.29, 1.82) is 0 Å². The van der Waals surface area contributed by atoms with Gasteiger partial charge in [-0.2, -0.15) is 5.10 Å². The van der Waals surface area contributed by atoms with Crippen LogP contribution in [0.2, 0.25) is 0 Å². The number of hydrogen-bond donors (Lipinski definition) is 0. The molecule has 16 heavy (non-hydrogen) atoms. The predicted octanol–water partition coefficient (Wildman–Crippen LogP) is 2.71. The first-order chi connectivity index (χ1) is 7.78. The number of aryl methyl sites for hydroxylation is 1. The van der Waals surface area contributed by atoms with Crippen molar-refractivity contribution in [1.82, 2.24) is 15.2 Å². The minimum Gasteiger partial charge on any atom is -0.436 e. The maximum absolute atomic E-state index is 5.60. The van der Waals surface area contributed by atoms with Gasteiger partial charge in [0.25, 0.3) is 0 Å². The Morgan fingerprint density at radius 2 is 2.06 bits per heavy atom. The molecule has 0 aliphatic rings. The van der Waals surface area contributed by atoms with Crippen LogP contribution in [-0.4, -0.2) is 15.2 Å². The molecule has 82 valence electrons. The van der Waals surface area contributed by atoms with E-state index < -0.39 is 0 Å². The summed E-state index contributed by atoms with van der Waals surface area (Å²) in [6.45, 7) is 1.92. The van der Waals surface area contributed by atoms with Gasteiger partial charge in [0.2, 0.25) is 5.88 Å². The van der Waals surface area contributed by atoms with Gasteiger partial charge in [0.05, 0.1) is 17.8 Å². The zero-order valence-electron chi connectivity index (χ0n) is 8.72. The molecule has 0 unspecified atom stereocenters. The standard InChI is InChI=1S/C11H10ClN3O/c1-8-2-4-10(7-13-8)16-11-5-3-9(6-12)14-15-11/h2-5,7H,6H2,1H3. The highest BCUT2D eigenvalue weighted by Crippen LogP contribution is 2.17. The van der Waals surface area contributed by atoms with Crippen molar-refractivity contribution >= 4 is 11.6 Å². The number of pyridine rings is 1. The number of aromatic nitrogens is 3. The van der Waals surface area contributed by atoms with E-state index in [1.165, 1.54) is 0 Å². The molecule has 0 amide bonds. The average Bonchev–Trinajstić information content (AvgIpc) is 2.33. The Morgan fingerprint density at radius 1 is 1.19 bits per heavy atom. The van der Waals surface area contributed by atoms with E-state index >= 15 is 0 Å². The number of hydrogen-bond acceptors (Lipinski definition) is 4. The molecule has 4 nitrogen and oxygen atoms in total. The lowest BCUT2D eigenvalue weighted by Gasteiger charge is -2.03. The molecule has 0 N–H and O–H groups in total. The van der Waals surface area contributed by atoms with E-state index in [-0.39, 0.29) is 0 Å². The smallest absolute Gasteiger partial charge is 0.238 e. The molecule has 2 heterocycles. The van der Waals surface area contributed by atoms with Crippen LogP contribution in [0, 0.1) is 6.92 Å². The second-order valence-corrected chi connectivity index (χ2v) is 3.50. The highest BCUT2D eigenvalue weighted by molar-refractivity contribution is 6.16. The van der Waals surface area contributed by atoms with Gasteiger partial charge in [-0.05, 0) is 25.1 Å². The van der Waals surface area contributed by atoms with E-state index in [9.17, 15) is 0 Å². The van der Waals surface area contributed by atoms with Gasteiger partial charge < -0.3 is 4.74 Å². The molecule has 2 aromatic rings. The zero-order valence-corrected chi connectivity index (χ0v) is 9.48. The Hall–Kier alpha value is -1.68. The van der Waals surface area contributed by atoms with Crippen LogP contribution in [0.5, 0.6) is 11.6 Å². The Morgan fingerprint density at radius 3 is 2.62 bits per heavy atom. The molecule has 0 aliphatic heterocycles. The molecule has 0 saturated carbocycles. The van der Waals surface area contributed by atoms with Crippen molar-refractivity contribution in [3.8, 4) is 11.6 Å². The van der Waals surface area contributed by atoms with Crippen molar-refractivity contribution in [2.24, 2.45) is 0 Å². The third-order valence-corrected chi connectivity index (χ3v) is 2.21. The number of halogens is 1. The molecule has 0 atom stereocenters. The van der Waals surface area contributed by atoms with Crippen molar-refractivity contribution in [2.45, 2.75) is 12.8 Å². The van der Waals surface area contributed by atoms with Gasteiger partial charge in [0.15, 0.2) is 0 Å². The Labute approximate surface area is 98.3 Å². The molecule has 0 fully saturated rings. The minimum atomic E-state index is 0.347. The molecular formula is C11H10ClN3O. The maximum atomic E-state index is 5.60. The minimum absolute atomic E-state index is 0.347. The van der Waals surface area contributed by atoms with Crippen LogP contribution < -0.4 is 4.74 Å². The molecule has 2 rings (SSSR count). The summed E-state index contributed by atoms with van der Waals surface area (Å²) in [5.41, 5.74) is 1.66.